The molecule has 0 bridgehead atoms. The van der Waals surface area contributed by atoms with Crippen LogP contribution in [0, 0.1) is 0 Å². The van der Waals surface area contributed by atoms with Crippen LogP contribution in [0.15, 0.2) is 84.9 Å². The molecule has 0 amide bonds. The fourth-order valence-corrected chi connectivity index (χ4v) is 3.96. The van der Waals surface area contributed by atoms with Crippen molar-refractivity contribution < 1.29 is 13.2 Å². The summed E-state index contributed by atoms with van der Waals surface area (Å²) in [5.41, 5.74) is 2.95. The van der Waals surface area contributed by atoms with Crippen molar-refractivity contribution in [2.24, 2.45) is 0 Å². The molecule has 0 aromatic heterocycles. The summed E-state index contributed by atoms with van der Waals surface area (Å²) in [7, 11) is 0. The van der Waals surface area contributed by atoms with E-state index in [-0.39, 0.29) is 0 Å². The average molecular weight is 414 g/mol. The number of hydrogen-bond acceptors (Lipinski definition) is 0. The van der Waals surface area contributed by atoms with Gasteiger partial charge in [0.25, 0.3) is 0 Å². The van der Waals surface area contributed by atoms with Crippen LogP contribution >= 0.6 is 0 Å². The third kappa shape index (κ3) is 4.28. The predicted molar refractivity (Wildman–Crippen MR) is 103 cm³/mol. The summed E-state index contributed by atoms with van der Waals surface area (Å²) in [5.74, 6) is 0. The van der Waals surface area contributed by atoms with Crippen molar-refractivity contribution >= 4 is 26.8 Å². The molecule has 0 nitrogen and oxygen atoms in total. The van der Waals surface area contributed by atoms with E-state index < -0.39 is 11.7 Å². The van der Waals surface area contributed by atoms with Gasteiger partial charge >= 0.3 is 160 Å². The molecule has 4 heteroatoms. The molecule has 26 heavy (non-hydrogen) atoms. The summed E-state index contributed by atoms with van der Waals surface area (Å²) in [5, 5.41) is 0. The van der Waals surface area contributed by atoms with Crippen molar-refractivity contribution in [3.63, 3.8) is 0 Å². The fourth-order valence-electron chi connectivity index (χ4n) is 2.88. The Labute approximate surface area is 159 Å². The molecular formula is C22H18AsF3. The van der Waals surface area contributed by atoms with Crippen molar-refractivity contribution in [2.75, 3.05) is 0 Å². The number of rotatable bonds is 4. The number of benzene rings is 3. The minimum atomic E-state index is -4.34. The molecule has 0 heterocycles. The van der Waals surface area contributed by atoms with E-state index in [1.807, 2.05) is 66.7 Å². The van der Waals surface area contributed by atoms with E-state index in [0.717, 1.165) is 39.6 Å². The average Bonchev–Trinajstić information content (AvgIpc) is 2.64. The van der Waals surface area contributed by atoms with Crippen LogP contribution < -0.4 is 4.35 Å². The van der Waals surface area contributed by atoms with Crippen molar-refractivity contribution in [3.8, 4) is 0 Å². The quantitative estimate of drug-likeness (QED) is 0.546. The van der Waals surface area contributed by atoms with Crippen LogP contribution in [0.2, 0.25) is 0 Å². The molecule has 1 unspecified atom stereocenters. The second-order valence-electron chi connectivity index (χ2n) is 5.94. The molecular weight excluding hydrogens is 396 g/mol. The van der Waals surface area contributed by atoms with Gasteiger partial charge in [-0.05, 0) is 0 Å². The van der Waals surface area contributed by atoms with Gasteiger partial charge in [0.05, 0.1) is 0 Å². The number of halogens is 3. The van der Waals surface area contributed by atoms with Gasteiger partial charge in [0.15, 0.2) is 0 Å². The molecule has 3 aromatic carbocycles. The predicted octanol–water partition coefficient (Wildman–Crippen LogP) is 4.64. The van der Waals surface area contributed by atoms with Gasteiger partial charge in [0, 0.05) is 0 Å². The van der Waals surface area contributed by atoms with E-state index in [0.29, 0.717) is 16.3 Å². The first-order valence-electron chi connectivity index (χ1n) is 8.22. The van der Waals surface area contributed by atoms with Crippen molar-refractivity contribution in [1.29, 1.82) is 0 Å². The SMILES string of the molecule is FC(F)(F)c1cccc(/C(=C\Cc2ccccc2)c2ccccc2)c1[AsH2]. The maximum atomic E-state index is 13.3. The van der Waals surface area contributed by atoms with Crippen LogP contribution in [0.5, 0.6) is 0 Å². The molecule has 3 aromatic rings. The van der Waals surface area contributed by atoms with E-state index in [1.165, 1.54) is 6.07 Å². The van der Waals surface area contributed by atoms with E-state index in [1.54, 1.807) is 6.07 Å². The fraction of sp³-hybridized carbons (Fsp3) is 0.0909. The zero-order valence-corrected chi connectivity index (χ0v) is 16.4. The third-order valence-electron chi connectivity index (χ3n) is 4.17. The van der Waals surface area contributed by atoms with Crippen molar-refractivity contribution in [2.45, 2.75) is 12.6 Å². The van der Waals surface area contributed by atoms with Crippen LogP contribution in [0.25, 0.3) is 5.57 Å². The van der Waals surface area contributed by atoms with Gasteiger partial charge in [-0.25, -0.2) is 0 Å². The van der Waals surface area contributed by atoms with Crippen LogP contribution in [0.4, 0.5) is 13.2 Å². The molecule has 0 spiro atoms. The third-order valence-corrected chi connectivity index (χ3v) is 5.48. The Balaban J connectivity index is 2.10. The van der Waals surface area contributed by atoms with Crippen molar-refractivity contribution in [3.05, 3.63) is 107 Å². The van der Waals surface area contributed by atoms with Crippen LogP contribution in [-0.4, -0.2) is 16.9 Å². The molecule has 0 fully saturated rings. The minimum absolute atomic E-state index is 0.315. The Morgan fingerprint density at radius 3 is 2.04 bits per heavy atom. The summed E-state index contributed by atoms with van der Waals surface area (Å²) >= 11 is 0.992. The molecule has 132 valence electrons. The van der Waals surface area contributed by atoms with Gasteiger partial charge in [-0.1, -0.05) is 0 Å². The Hall–Kier alpha value is -2.25. The zero-order chi connectivity index (χ0) is 18.6. The summed E-state index contributed by atoms with van der Waals surface area (Å²) in [6.45, 7) is 0. The standard InChI is InChI=1S/C22H18AsF3/c23-21-19(12-7-13-20(21)22(24,25)26)18(17-10-5-2-6-11-17)15-14-16-8-3-1-4-9-16/h1-13,15H,14,23H2/b18-15-. The number of allylic oxidation sites excluding steroid dienone is 1. The molecule has 3 rings (SSSR count). The second kappa shape index (κ2) is 7.97. The summed E-state index contributed by atoms with van der Waals surface area (Å²) in [4.78, 5) is 0. The van der Waals surface area contributed by atoms with E-state index in [2.05, 4.69) is 0 Å². The second-order valence-corrected chi connectivity index (χ2v) is 7.15. The first-order valence-corrected chi connectivity index (χ1v) is 9.43. The van der Waals surface area contributed by atoms with E-state index >= 15 is 0 Å². The maximum absolute atomic E-state index is 13.3. The molecule has 0 aliphatic heterocycles. The molecule has 1 atom stereocenters. The van der Waals surface area contributed by atoms with Gasteiger partial charge in [-0.2, -0.15) is 0 Å². The van der Waals surface area contributed by atoms with E-state index in [4.69, 9.17) is 0 Å². The normalized spacial score (nSPS) is 12.2. The van der Waals surface area contributed by atoms with Gasteiger partial charge in [0.2, 0.25) is 0 Å². The molecule has 0 aliphatic rings. The van der Waals surface area contributed by atoms with E-state index in [9.17, 15) is 13.2 Å². The van der Waals surface area contributed by atoms with Gasteiger partial charge in [-0.15, -0.1) is 0 Å². The molecule has 0 N–H and O–H groups in total. The molecule has 0 aliphatic carbocycles. The van der Waals surface area contributed by atoms with Gasteiger partial charge < -0.3 is 0 Å². The Morgan fingerprint density at radius 1 is 0.808 bits per heavy atom. The Bertz CT molecular complexity index is 898. The topological polar surface area (TPSA) is 0 Å². The first-order chi connectivity index (χ1) is 12.5. The molecule has 0 saturated carbocycles. The Kier molecular flexibility index (Phi) is 5.68. The molecule has 0 saturated heterocycles. The zero-order valence-electron chi connectivity index (χ0n) is 14.0. The van der Waals surface area contributed by atoms with Crippen LogP contribution in [0.1, 0.15) is 22.3 Å². The van der Waals surface area contributed by atoms with Crippen molar-refractivity contribution in [1.82, 2.24) is 0 Å². The van der Waals surface area contributed by atoms with Crippen LogP contribution in [0.3, 0.4) is 0 Å². The summed E-state index contributed by atoms with van der Waals surface area (Å²) < 4.78 is 40.3. The van der Waals surface area contributed by atoms with Gasteiger partial charge in [-0.3, -0.25) is 0 Å². The first kappa shape index (κ1) is 18.5. The molecule has 0 radical (unpaired) electrons. The number of alkyl halides is 3. The number of hydrogen-bond donors (Lipinski definition) is 0. The van der Waals surface area contributed by atoms with Crippen LogP contribution in [-0.2, 0) is 12.6 Å². The Morgan fingerprint density at radius 2 is 1.42 bits per heavy atom. The summed E-state index contributed by atoms with van der Waals surface area (Å²) in [6.07, 6.45) is -1.67. The van der Waals surface area contributed by atoms with Gasteiger partial charge in [0.1, 0.15) is 0 Å². The monoisotopic (exact) mass is 414 g/mol. The summed E-state index contributed by atoms with van der Waals surface area (Å²) in [6, 6.07) is 23.9.